The third kappa shape index (κ3) is 4.94. The minimum absolute atomic E-state index is 0.189. The Morgan fingerprint density at radius 2 is 1.74 bits per heavy atom. The Bertz CT molecular complexity index is 1000. The molecule has 0 amide bonds. The lowest BCUT2D eigenvalue weighted by molar-refractivity contribution is 0.174. The van der Waals surface area contributed by atoms with Crippen LogP contribution < -0.4 is 24.4 Å². The van der Waals surface area contributed by atoms with Crippen molar-refractivity contribution in [3.63, 3.8) is 0 Å². The van der Waals surface area contributed by atoms with Gasteiger partial charge in [0.25, 0.3) is 0 Å². The molecule has 162 valence electrons. The molecule has 4 rings (SSSR count). The highest BCUT2D eigenvalue weighted by atomic mass is 16.7. The first-order valence-electron chi connectivity index (χ1n) is 10.6. The minimum atomic E-state index is 0.189. The molecule has 5 heteroatoms. The van der Waals surface area contributed by atoms with Crippen LogP contribution >= 0.6 is 0 Å². The highest BCUT2D eigenvalue weighted by Crippen LogP contribution is 2.39. The molecule has 0 aromatic heterocycles. The van der Waals surface area contributed by atoms with Crippen molar-refractivity contribution in [1.29, 1.82) is 0 Å². The molecular weight excluding hydrogens is 388 g/mol. The van der Waals surface area contributed by atoms with Gasteiger partial charge in [-0.25, -0.2) is 0 Å². The van der Waals surface area contributed by atoms with E-state index in [0.29, 0.717) is 0 Å². The Morgan fingerprint density at radius 1 is 0.968 bits per heavy atom. The van der Waals surface area contributed by atoms with Gasteiger partial charge in [-0.05, 0) is 54.4 Å². The van der Waals surface area contributed by atoms with Crippen molar-refractivity contribution in [3.05, 3.63) is 83.4 Å². The van der Waals surface area contributed by atoms with Crippen molar-refractivity contribution in [1.82, 2.24) is 5.32 Å². The Morgan fingerprint density at radius 3 is 2.52 bits per heavy atom. The molecule has 3 aromatic carbocycles. The minimum Gasteiger partial charge on any atom is -0.496 e. The molecule has 1 heterocycles. The first kappa shape index (κ1) is 21.1. The molecule has 5 nitrogen and oxygen atoms in total. The first-order chi connectivity index (χ1) is 15.2. The summed E-state index contributed by atoms with van der Waals surface area (Å²) in [5, 5.41) is 3.60. The van der Waals surface area contributed by atoms with Crippen molar-refractivity contribution in [3.8, 4) is 17.2 Å². The number of fused-ring (bicyclic) bond motifs is 1. The smallest absolute Gasteiger partial charge is 0.231 e. The highest BCUT2D eigenvalue weighted by molar-refractivity contribution is 5.49. The van der Waals surface area contributed by atoms with E-state index in [1.54, 1.807) is 7.11 Å². The van der Waals surface area contributed by atoms with Crippen LogP contribution in [-0.2, 0) is 6.54 Å². The molecule has 0 spiro atoms. The van der Waals surface area contributed by atoms with E-state index >= 15 is 0 Å². The number of rotatable bonds is 9. The molecule has 0 saturated carbocycles. The Labute approximate surface area is 184 Å². The molecular formula is C26H30N2O3. The van der Waals surface area contributed by atoms with E-state index in [2.05, 4.69) is 72.8 Å². The standard InChI is InChI=1S/C26H30N2O3/c1-28(2)21-11-8-19(9-12-21)17-27-15-14-22(23-6-4-5-7-24(23)29-3)20-10-13-25-26(16-20)31-18-30-25/h4-13,16,22,27H,14-15,17-18H2,1-3H3/t22-/m1/s1. The predicted molar refractivity (Wildman–Crippen MR) is 124 cm³/mol. The maximum atomic E-state index is 5.67. The van der Waals surface area contributed by atoms with Crippen LogP contribution in [0.3, 0.4) is 0 Å². The summed E-state index contributed by atoms with van der Waals surface area (Å²) in [6, 6.07) is 23.1. The van der Waals surface area contributed by atoms with Gasteiger partial charge in [0.1, 0.15) is 5.75 Å². The molecule has 1 N–H and O–H groups in total. The van der Waals surface area contributed by atoms with Crippen molar-refractivity contribution in [2.24, 2.45) is 0 Å². The van der Waals surface area contributed by atoms with Crippen LogP contribution in [-0.4, -0.2) is 34.5 Å². The molecule has 0 radical (unpaired) electrons. The van der Waals surface area contributed by atoms with E-state index in [1.807, 2.05) is 18.2 Å². The normalized spacial score (nSPS) is 13.1. The van der Waals surface area contributed by atoms with Crippen LogP contribution in [0.2, 0.25) is 0 Å². The monoisotopic (exact) mass is 418 g/mol. The maximum Gasteiger partial charge on any atom is 0.231 e. The summed E-state index contributed by atoms with van der Waals surface area (Å²) in [6.07, 6.45) is 0.940. The van der Waals surface area contributed by atoms with Gasteiger partial charge in [-0.1, -0.05) is 36.4 Å². The average molecular weight is 419 g/mol. The van der Waals surface area contributed by atoms with Crippen LogP contribution in [0.15, 0.2) is 66.7 Å². The third-order valence-corrected chi connectivity index (χ3v) is 5.70. The lowest BCUT2D eigenvalue weighted by atomic mass is 9.87. The van der Waals surface area contributed by atoms with Crippen LogP contribution in [0.1, 0.15) is 29.0 Å². The second-order valence-electron chi connectivity index (χ2n) is 7.93. The summed E-state index contributed by atoms with van der Waals surface area (Å²) in [5.74, 6) is 2.71. The Balaban J connectivity index is 1.47. The molecule has 1 atom stereocenters. The van der Waals surface area contributed by atoms with E-state index in [9.17, 15) is 0 Å². The molecule has 0 aliphatic carbocycles. The molecule has 31 heavy (non-hydrogen) atoms. The van der Waals surface area contributed by atoms with E-state index in [4.69, 9.17) is 14.2 Å². The van der Waals surface area contributed by atoms with Gasteiger partial charge in [-0.2, -0.15) is 0 Å². The molecule has 1 aliphatic rings. The zero-order chi connectivity index (χ0) is 21.6. The van der Waals surface area contributed by atoms with Gasteiger partial charge in [-0.15, -0.1) is 0 Å². The summed E-state index contributed by atoms with van der Waals surface area (Å²) < 4.78 is 16.8. The van der Waals surface area contributed by atoms with Crippen LogP contribution in [0.4, 0.5) is 5.69 Å². The number of benzene rings is 3. The van der Waals surface area contributed by atoms with Gasteiger partial charge in [0, 0.05) is 37.8 Å². The number of nitrogens with zero attached hydrogens (tertiary/aromatic N) is 1. The zero-order valence-electron chi connectivity index (χ0n) is 18.4. The SMILES string of the molecule is COc1ccccc1[C@H](CCNCc1ccc(N(C)C)cc1)c1ccc2c(c1)OCO2. The van der Waals surface area contributed by atoms with Gasteiger partial charge in [0.2, 0.25) is 6.79 Å². The molecule has 0 fully saturated rings. The van der Waals surface area contributed by atoms with E-state index in [1.165, 1.54) is 22.4 Å². The highest BCUT2D eigenvalue weighted by Gasteiger charge is 2.21. The fourth-order valence-corrected chi connectivity index (χ4v) is 3.98. The van der Waals surface area contributed by atoms with Crippen molar-refractivity contribution in [2.45, 2.75) is 18.9 Å². The van der Waals surface area contributed by atoms with Crippen molar-refractivity contribution >= 4 is 5.69 Å². The molecule has 0 saturated heterocycles. The zero-order valence-corrected chi connectivity index (χ0v) is 18.4. The number of anilines is 1. The largest absolute Gasteiger partial charge is 0.496 e. The predicted octanol–water partition coefficient (Wildman–Crippen LogP) is 4.80. The molecule has 0 bridgehead atoms. The number of hydrogen-bond donors (Lipinski definition) is 1. The number of ether oxygens (including phenoxy) is 3. The fraction of sp³-hybridized carbons (Fsp3) is 0.308. The lowest BCUT2D eigenvalue weighted by Crippen LogP contribution is -2.18. The summed E-state index contributed by atoms with van der Waals surface area (Å²) >= 11 is 0. The Hall–Kier alpha value is -3.18. The maximum absolute atomic E-state index is 5.67. The van der Waals surface area contributed by atoms with Crippen LogP contribution in [0.25, 0.3) is 0 Å². The van der Waals surface area contributed by atoms with Crippen molar-refractivity contribution < 1.29 is 14.2 Å². The Kier molecular flexibility index (Phi) is 6.63. The summed E-state index contributed by atoms with van der Waals surface area (Å²) in [5.41, 5.74) is 4.87. The van der Waals surface area contributed by atoms with Gasteiger partial charge < -0.3 is 24.4 Å². The summed E-state index contributed by atoms with van der Waals surface area (Å²) in [6.45, 7) is 2.01. The summed E-state index contributed by atoms with van der Waals surface area (Å²) in [4.78, 5) is 2.11. The second-order valence-corrected chi connectivity index (χ2v) is 7.93. The van der Waals surface area contributed by atoms with E-state index < -0.39 is 0 Å². The molecule has 3 aromatic rings. The number of nitrogens with one attached hydrogen (secondary N) is 1. The van der Waals surface area contributed by atoms with Crippen LogP contribution in [0.5, 0.6) is 17.2 Å². The third-order valence-electron chi connectivity index (χ3n) is 5.70. The first-order valence-corrected chi connectivity index (χ1v) is 10.6. The summed E-state index contributed by atoms with van der Waals surface area (Å²) in [7, 11) is 5.84. The average Bonchev–Trinajstić information content (AvgIpc) is 3.27. The molecule has 0 unspecified atom stereocenters. The van der Waals surface area contributed by atoms with E-state index in [-0.39, 0.29) is 12.7 Å². The van der Waals surface area contributed by atoms with Crippen molar-refractivity contribution in [2.75, 3.05) is 39.4 Å². The van der Waals surface area contributed by atoms with Crippen LogP contribution in [0, 0.1) is 0 Å². The van der Waals surface area contributed by atoms with Gasteiger partial charge in [0.05, 0.1) is 7.11 Å². The molecule has 1 aliphatic heterocycles. The second kappa shape index (κ2) is 9.75. The quantitative estimate of drug-likeness (QED) is 0.506. The van der Waals surface area contributed by atoms with E-state index in [0.717, 1.165) is 36.8 Å². The van der Waals surface area contributed by atoms with Gasteiger partial charge >= 0.3 is 0 Å². The van der Waals surface area contributed by atoms with Gasteiger partial charge in [0.15, 0.2) is 11.5 Å². The van der Waals surface area contributed by atoms with Gasteiger partial charge in [-0.3, -0.25) is 0 Å². The lowest BCUT2D eigenvalue weighted by Gasteiger charge is -2.21. The number of para-hydroxylation sites is 1. The number of hydrogen-bond acceptors (Lipinski definition) is 5. The fourth-order valence-electron chi connectivity index (χ4n) is 3.98. The number of methoxy groups -OCH3 is 1. The topological polar surface area (TPSA) is 43.0 Å².